The van der Waals surface area contributed by atoms with E-state index in [0.29, 0.717) is 86.5 Å². The second-order valence-corrected chi connectivity index (χ2v) is 32.2. The Bertz CT molecular complexity index is 5000. The summed E-state index contributed by atoms with van der Waals surface area (Å²) in [5.41, 5.74) is 25.0. The number of halogens is 2. The number of aromatic carboxylic acids is 1. The van der Waals surface area contributed by atoms with Gasteiger partial charge < -0.3 is 36.2 Å². The van der Waals surface area contributed by atoms with Crippen LogP contribution in [0.5, 0.6) is 0 Å². The van der Waals surface area contributed by atoms with Gasteiger partial charge in [-0.15, -0.1) is 0 Å². The number of nitrogens with zero attached hydrogens (tertiary/aromatic N) is 9. The first kappa shape index (κ1) is 72.3. The molecule has 0 radical (unpaired) electrons. The fourth-order valence-electron chi connectivity index (χ4n) is 18.0. The summed E-state index contributed by atoms with van der Waals surface area (Å²) in [5, 5.41) is 16.6. The Morgan fingerprint density at radius 3 is 1.14 bits per heavy atom. The smallest absolute Gasteiger partial charge is 0.354 e. The van der Waals surface area contributed by atoms with E-state index in [1.54, 1.807) is 35.0 Å². The van der Waals surface area contributed by atoms with E-state index in [2.05, 4.69) is 209 Å². The lowest BCUT2D eigenvalue weighted by Gasteiger charge is -2.60. The molecule has 7 aromatic carbocycles. The van der Waals surface area contributed by atoms with E-state index >= 15 is 0 Å². The summed E-state index contributed by atoms with van der Waals surface area (Å²) in [5.74, 6) is 1.73. The van der Waals surface area contributed by atoms with Crippen molar-refractivity contribution in [1.29, 1.82) is 0 Å². The number of rotatable bonds is 14. The van der Waals surface area contributed by atoms with E-state index in [0.717, 1.165) is 40.1 Å². The fourth-order valence-corrected chi connectivity index (χ4v) is 18.3. The third-order valence-corrected chi connectivity index (χ3v) is 24.4. The minimum Gasteiger partial charge on any atom is -0.477 e. The fraction of sp³-hybridized carbons (Fsp3) is 0.333. The van der Waals surface area contributed by atoms with Gasteiger partial charge in [0.05, 0.1) is 34.6 Å². The highest BCUT2D eigenvalue weighted by molar-refractivity contribution is 6.30. The van der Waals surface area contributed by atoms with E-state index in [9.17, 15) is 9.59 Å². The van der Waals surface area contributed by atoms with Crippen LogP contribution in [0.4, 0.5) is 28.4 Å². The van der Waals surface area contributed by atoms with Crippen molar-refractivity contribution in [2.45, 2.75) is 115 Å². The van der Waals surface area contributed by atoms with Gasteiger partial charge in [0.1, 0.15) is 17.0 Å². The molecule has 4 saturated carbocycles. The maximum absolute atomic E-state index is 13.0. The second kappa shape index (κ2) is 30.9. The molecule has 0 unspecified atom stereocenters. The van der Waals surface area contributed by atoms with Gasteiger partial charge in [-0.25, -0.2) is 24.5 Å². The zero-order chi connectivity index (χ0) is 73.9. The van der Waals surface area contributed by atoms with Crippen molar-refractivity contribution in [3.63, 3.8) is 0 Å². The van der Waals surface area contributed by atoms with Crippen molar-refractivity contribution >= 4 is 74.8 Å². The van der Waals surface area contributed by atoms with Gasteiger partial charge in [0.25, 0.3) is 5.91 Å². The van der Waals surface area contributed by atoms with Crippen LogP contribution in [0.3, 0.4) is 0 Å². The molecular formula is C90H92Cl2N12O3. The number of pyridine rings is 2. The summed E-state index contributed by atoms with van der Waals surface area (Å²) >= 11 is 12.0. The summed E-state index contributed by atoms with van der Waals surface area (Å²) in [7, 11) is 0. The van der Waals surface area contributed by atoms with Crippen LogP contribution in [0.1, 0.15) is 155 Å². The summed E-state index contributed by atoms with van der Waals surface area (Å²) < 4.78 is 3.29. The molecule has 17 heteroatoms. The molecule has 4 aliphatic heterocycles. The lowest BCUT2D eigenvalue weighted by molar-refractivity contribution is 0.0363. The van der Waals surface area contributed by atoms with Crippen LogP contribution in [-0.4, -0.2) is 88.1 Å². The number of aromatic nitrogens is 4. The number of carbonyl (C=O) groups is 2. The largest absolute Gasteiger partial charge is 0.477 e. The van der Waals surface area contributed by atoms with Crippen molar-refractivity contribution in [3.05, 3.63) is 314 Å². The third-order valence-electron chi connectivity index (χ3n) is 23.9. The SMILES string of the molecule is CCc1nc2ccc(Cl)cn2c1C(=O)NCc1ccc(C2CC3(C2)CN(c2ccccc2)C3)cc1.CCc1nc2ccc(Cl)cn2c1C(=O)O.NCc1ccc(C2CC3(C2)CN(c2ccccc2)C3)cc1.[C-]#[N+]c1ccc(C2CC3(C2)CN(c2ccccc2)C3)cc1.[C-]#[N+]c1ccc(C2CC3(CNC3)C2)cc1. The Kier molecular flexibility index (Phi) is 20.9. The van der Waals surface area contributed by atoms with E-state index in [-0.39, 0.29) is 11.6 Å². The van der Waals surface area contributed by atoms with Gasteiger partial charge >= 0.3 is 5.97 Å². The zero-order valence-corrected chi connectivity index (χ0v) is 62.4. The highest BCUT2D eigenvalue weighted by Gasteiger charge is 2.55. The number of benzene rings is 7. The molecule has 0 atom stereocenters. The van der Waals surface area contributed by atoms with E-state index in [4.69, 9.17) is 47.2 Å². The van der Waals surface area contributed by atoms with Crippen molar-refractivity contribution in [3.8, 4) is 0 Å². The Labute approximate surface area is 638 Å². The first-order valence-corrected chi connectivity index (χ1v) is 38.6. The molecule has 1 amide bonds. The Hall–Kier alpha value is -10.3. The number of carboxylic acids is 1. The van der Waals surface area contributed by atoms with E-state index < -0.39 is 5.97 Å². The molecule has 8 heterocycles. The summed E-state index contributed by atoms with van der Waals surface area (Å²) in [6.07, 6.45) is 15.1. The lowest BCUT2D eigenvalue weighted by Crippen LogP contribution is -2.61. The maximum Gasteiger partial charge on any atom is 0.354 e. The van der Waals surface area contributed by atoms with Crippen LogP contribution in [0.2, 0.25) is 10.0 Å². The number of amides is 1. The highest BCUT2D eigenvalue weighted by atomic mass is 35.5. The van der Waals surface area contributed by atoms with Crippen LogP contribution in [-0.2, 0) is 25.9 Å². The molecule has 107 heavy (non-hydrogen) atoms. The molecule has 11 aromatic rings. The molecule has 15 nitrogen and oxygen atoms in total. The summed E-state index contributed by atoms with van der Waals surface area (Å²) in [6, 6.07) is 73.2. The minimum absolute atomic E-state index is 0.130. The van der Waals surface area contributed by atoms with E-state index in [1.165, 1.54) is 153 Å². The Morgan fingerprint density at radius 2 is 0.813 bits per heavy atom. The van der Waals surface area contributed by atoms with Crippen molar-refractivity contribution in [2.75, 3.05) is 67.1 Å². The predicted molar refractivity (Wildman–Crippen MR) is 430 cm³/mol. The maximum atomic E-state index is 13.0. The molecule has 4 aliphatic carbocycles. The number of imidazole rings is 2. The number of carbonyl (C=O) groups excluding carboxylic acids is 1. The predicted octanol–water partition coefficient (Wildman–Crippen LogP) is 19.0. The van der Waals surface area contributed by atoms with E-state index in [1.807, 2.05) is 44.2 Å². The van der Waals surface area contributed by atoms with Gasteiger partial charge in [0, 0.05) is 111 Å². The lowest BCUT2D eigenvalue weighted by atomic mass is 9.56. The normalized spacial score (nSPS) is 19.5. The highest BCUT2D eigenvalue weighted by Crippen LogP contribution is 2.59. The van der Waals surface area contributed by atoms with Crippen LogP contribution >= 0.6 is 23.2 Å². The van der Waals surface area contributed by atoms with Crippen molar-refractivity contribution < 1.29 is 14.7 Å². The van der Waals surface area contributed by atoms with Crippen LogP contribution in [0.15, 0.2) is 225 Å². The first-order valence-electron chi connectivity index (χ1n) is 37.8. The molecule has 4 spiro atoms. The van der Waals surface area contributed by atoms with Gasteiger partial charge in [-0.1, -0.05) is 189 Å². The molecule has 8 fully saturated rings. The van der Waals surface area contributed by atoms with Crippen molar-refractivity contribution in [1.82, 2.24) is 29.4 Å². The summed E-state index contributed by atoms with van der Waals surface area (Å²) in [6.45, 7) is 28.5. The average Bonchev–Trinajstić information content (AvgIpc) is 1.55. The molecule has 0 bridgehead atoms. The number of para-hydroxylation sites is 3. The molecular weight excluding hydrogens is 1370 g/mol. The monoisotopic (exact) mass is 1460 g/mol. The molecule has 8 aliphatic rings. The van der Waals surface area contributed by atoms with Crippen LogP contribution in [0.25, 0.3) is 21.0 Å². The number of fused-ring (bicyclic) bond motifs is 2. The number of hydrogen-bond donors (Lipinski definition) is 4. The zero-order valence-electron chi connectivity index (χ0n) is 60.9. The summed E-state index contributed by atoms with van der Waals surface area (Å²) in [4.78, 5) is 47.2. The number of hydrogen-bond acceptors (Lipinski definition) is 9. The average molecular weight is 1460 g/mol. The number of anilines is 3. The molecule has 544 valence electrons. The molecule has 19 rings (SSSR count). The molecule has 4 saturated heterocycles. The molecule has 4 aromatic heterocycles. The van der Waals surface area contributed by atoms with Gasteiger partial charge in [0.2, 0.25) is 0 Å². The number of carboxylic acid groups (broad SMARTS) is 1. The first-order chi connectivity index (χ1) is 52.0. The Morgan fingerprint density at radius 1 is 0.477 bits per heavy atom. The minimum atomic E-state index is -0.985. The number of nitrogens with one attached hydrogen (secondary N) is 2. The standard InChI is InChI=1S/C29H29ClN4O.C19H18N2.C19H22N2.C13H14N2.C10H9ClN2O2/c1-2-25-27(34-17-23(30)12-13-26(34)32-25)28(35)31-16-20-8-10-21(11-9-20)22-14-29(15-22)18-33(19-29)24-6-4-3-5-7-24;1-20-17-9-7-15(8-10-17)16-11-19(12-16)13-21(14-19)18-5-3-2-4-6-18;20-12-15-6-8-16(9-7-15)17-10-19(11-17)13-21(14-19)18-4-2-1-3-5-18;1-14-12-4-2-10(3-5-12)11-6-13(7-11)8-15-9-13;1-2-7-9(10(14)15)13-5-6(11)3-4-8(13)12-7/h3-13,17,22H,2,14-16,18-19H2,1H3,(H,31,35);2-10,16H,11-14H2;1-9,17H,10-14,20H2;2-5,11,15H,6-9H2;3-5H,2H2,1H3,(H,14,15). The number of nitrogens with two attached hydrogens (primary N) is 1. The number of aryl methyl sites for hydroxylation is 2. The Balaban J connectivity index is 0.000000111. The van der Waals surface area contributed by atoms with Crippen LogP contribution in [0, 0.1) is 34.8 Å². The van der Waals surface area contributed by atoms with Gasteiger partial charge in [-0.3, -0.25) is 13.6 Å². The van der Waals surface area contributed by atoms with Crippen LogP contribution < -0.4 is 31.1 Å². The van der Waals surface area contributed by atoms with Crippen molar-refractivity contribution in [2.24, 2.45) is 27.4 Å². The van der Waals surface area contributed by atoms with Gasteiger partial charge in [-0.2, -0.15) is 0 Å². The third kappa shape index (κ3) is 15.5. The molecule has 5 N–H and O–H groups in total. The topological polar surface area (TPSA) is 157 Å². The quantitative estimate of drug-likeness (QED) is 0.0773. The van der Waals surface area contributed by atoms with Gasteiger partial charge in [-0.05, 0) is 187 Å². The second-order valence-electron chi connectivity index (χ2n) is 31.4. The van der Waals surface area contributed by atoms with Gasteiger partial charge in [0.15, 0.2) is 17.1 Å².